The molecule has 1 atom stereocenters. The number of hydrogen-bond donors (Lipinski definition) is 2. The van der Waals surface area contributed by atoms with Gasteiger partial charge in [0.15, 0.2) is 0 Å². The van der Waals surface area contributed by atoms with E-state index < -0.39 is 0 Å². The monoisotopic (exact) mass is 325 g/mol. The van der Waals surface area contributed by atoms with E-state index >= 15 is 0 Å². The Morgan fingerprint density at radius 3 is 2.42 bits per heavy atom. The molecular formula is C16H24BrNO. The molecule has 1 fully saturated rings. The van der Waals surface area contributed by atoms with E-state index in [-0.39, 0.29) is 12.6 Å². The van der Waals surface area contributed by atoms with Crippen LogP contribution in [-0.4, -0.2) is 23.8 Å². The van der Waals surface area contributed by atoms with Crippen LogP contribution in [0.4, 0.5) is 0 Å². The van der Waals surface area contributed by atoms with E-state index in [4.69, 9.17) is 0 Å². The van der Waals surface area contributed by atoms with E-state index in [0.29, 0.717) is 17.9 Å². The highest BCUT2D eigenvalue weighted by atomic mass is 79.9. The van der Waals surface area contributed by atoms with Crippen LogP contribution in [0, 0.1) is 5.92 Å². The SMILES string of the molecule is CC(C)CC(CO)NC1CC(c2ccc(Br)cc2)C1. The van der Waals surface area contributed by atoms with Gasteiger partial charge < -0.3 is 10.4 Å². The van der Waals surface area contributed by atoms with Gasteiger partial charge in [0, 0.05) is 16.6 Å². The molecule has 0 spiro atoms. The number of benzene rings is 1. The third-order valence-corrected chi connectivity index (χ3v) is 4.46. The fourth-order valence-electron chi connectivity index (χ4n) is 2.86. The molecule has 2 N–H and O–H groups in total. The van der Waals surface area contributed by atoms with E-state index in [1.807, 2.05) is 0 Å². The molecule has 1 saturated carbocycles. The Labute approximate surface area is 124 Å². The maximum Gasteiger partial charge on any atom is 0.0584 e. The van der Waals surface area contributed by atoms with Crippen LogP contribution in [-0.2, 0) is 0 Å². The van der Waals surface area contributed by atoms with Crippen molar-refractivity contribution in [3.05, 3.63) is 34.3 Å². The van der Waals surface area contributed by atoms with Crippen LogP contribution in [0.2, 0.25) is 0 Å². The molecule has 3 heteroatoms. The van der Waals surface area contributed by atoms with E-state index in [1.54, 1.807) is 0 Å². The molecule has 1 aliphatic carbocycles. The topological polar surface area (TPSA) is 32.3 Å². The zero-order valence-electron chi connectivity index (χ0n) is 11.8. The van der Waals surface area contributed by atoms with Gasteiger partial charge in [-0.3, -0.25) is 0 Å². The number of hydrogen-bond acceptors (Lipinski definition) is 2. The third-order valence-electron chi connectivity index (χ3n) is 3.93. The molecule has 1 aromatic carbocycles. The number of aliphatic hydroxyl groups excluding tert-OH is 1. The van der Waals surface area contributed by atoms with Crippen LogP contribution >= 0.6 is 15.9 Å². The molecule has 106 valence electrons. The molecule has 2 rings (SSSR count). The Hall–Kier alpha value is -0.380. The summed E-state index contributed by atoms with van der Waals surface area (Å²) in [6.45, 7) is 4.66. The summed E-state index contributed by atoms with van der Waals surface area (Å²) in [5.41, 5.74) is 1.44. The van der Waals surface area contributed by atoms with Crippen molar-refractivity contribution < 1.29 is 5.11 Å². The van der Waals surface area contributed by atoms with Gasteiger partial charge in [-0.2, -0.15) is 0 Å². The van der Waals surface area contributed by atoms with Crippen LogP contribution < -0.4 is 5.32 Å². The second kappa shape index (κ2) is 6.87. The molecule has 0 aliphatic heterocycles. The van der Waals surface area contributed by atoms with Gasteiger partial charge >= 0.3 is 0 Å². The minimum absolute atomic E-state index is 0.248. The maximum atomic E-state index is 9.39. The minimum atomic E-state index is 0.248. The highest BCUT2D eigenvalue weighted by Crippen LogP contribution is 2.37. The fourth-order valence-corrected chi connectivity index (χ4v) is 3.12. The minimum Gasteiger partial charge on any atom is -0.395 e. The van der Waals surface area contributed by atoms with Crippen LogP contribution in [0.3, 0.4) is 0 Å². The number of halogens is 1. The standard InChI is InChI=1S/C16H24BrNO/c1-11(2)7-16(10-19)18-15-8-13(9-15)12-3-5-14(17)6-4-12/h3-6,11,13,15-16,18-19H,7-10H2,1-2H3. The van der Waals surface area contributed by atoms with Crippen molar-refractivity contribution in [1.82, 2.24) is 5.32 Å². The van der Waals surface area contributed by atoms with Gasteiger partial charge in [0.1, 0.15) is 0 Å². The summed E-state index contributed by atoms with van der Waals surface area (Å²) in [4.78, 5) is 0. The average molecular weight is 326 g/mol. The molecule has 2 nitrogen and oxygen atoms in total. The zero-order valence-corrected chi connectivity index (χ0v) is 13.4. The summed E-state index contributed by atoms with van der Waals surface area (Å²) in [5, 5.41) is 13.0. The summed E-state index contributed by atoms with van der Waals surface area (Å²) >= 11 is 3.47. The van der Waals surface area contributed by atoms with Crippen molar-refractivity contribution in [3.63, 3.8) is 0 Å². The second-order valence-electron chi connectivity index (χ2n) is 6.09. The third kappa shape index (κ3) is 4.30. The zero-order chi connectivity index (χ0) is 13.8. The maximum absolute atomic E-state index is 9.39. The lowest BCUT2D eigenvalue weighted by molar-refractivity contribution is 0.181. The molecule has 1 aromatic rings. The first-order valence-corrected chi connectivity index (χ1v) is 8.00. The number of nitrogens with one attached hydrogen (secondary N) is 1. The molecule has 1 unspecified atom stereocenters. The molecule has 0 aromatic heterocycles. The highest BCUT2D eigenvalue weighted by Gasteiger charge is 2.31. The van der Waals surface area contributed by atoms with Crippen LogP contribution in [0.25, 0.3) is 0 Å². The Morgan fingerprint density at radius 1 is 1.26 bits per heavy atom. The summed E-state index contributed by atoms with van der Waals surface area (Å²) in [6, 6.07) is 9.49. The van der Waals surface area contributed by atoms with Crippen molar-refractivity contribution in [2.24, 2.45) is 5.92 Å². The van der Waals surface area contributed by atoms with E-state index in [2.05, 4.69) is 59.4 Å². The Kier molecular flexibility index (Phi) is 5.43. The lowest BCUT2D eigenvalue weighted by Crippen LogP contribution is -2.47. The van der Waals surface area contributed by atoms with Crippen molar-refractivity contribution in [1.29, 1.82) is 0 Å². The van der Waals surface area contributed by atoms with Gasteiger partial charge in [-0.1, -0.05) is 41.9 Å². The molecule has 1 aliphatic rings. The van der Waals surface area contributed by atoms with Gasteiger partial charge in [-0.15, -0.1) is 0 Å². The van der Waals surface area contributed by atoms with Crippen molar-refractivity contribution >= 4 is 15.9 Å². The van der Waals surface area contributed by atoms with Crippen LogP contribution in [0.1, 0.15) is 44.6 Å². The quantitative estimate of drug-likeness (QED) is 0.836. The molecule has 0 bridgehead atoms. The molecule has 0 heterocycles. The summed E-state index contributed by atoms with van der Waals surface area (Å²) in [5.74, 6) is 1.32. The van der Waals surface area contributed by atoms with Gasteiger partial charge in [0.05, 0.1) is 6.61 Å². The van der Waals surface area contributed by atoms with Crippen molar-refractivity contribution in [2.45, 2.75) is 51.1 Å². The lowest BCUT2D eigenvalue weighted by atomic mass is 9.75. The van der Waals surface area contributed by atoms with Crippen molar-refractivity contribution in [3.8, 4) is 0 Å². The van der Waals surface area contributed by atoms with E-state index in [1.165, 1.54) is 18.4 Å². The first kappa shape index (κ1) is 15.0. The summed E-state index contributed by atoms with van der Waals surface area (Å²) < 4.78 is 1.14. The molecular weight excluding hydrogens is 302 g/mol. The average Bonchev–Trinajstić information content (AvgIpc) is 2.32. The number of aliphatic hydroxyl groups is 1. The largest absolute Gasteiger partial charge is 0.395 e. The molecule has 0 saturated heterocycles. The number of rotatable bonds is 6. The van der Waals surface area contributed by atoms with Gasteiger partial charge in [-0.05, 0) is 48.8 Å². The summed E-state index contributed by atoms with van der Waals surface area (Å²) in [7, 11) is 0. The summed E-state index contributed by atoms with van der Waals surface area (Å²) in [6.07, 6.45) is 3.43. The van der Waals surface area contributed by atoms with Gasteiger partial charge in [0.2, 0.25) is 0 Å². The smallest absolute Gasteiger partial charge is 0.0584 e. The van der Waals surface area contributed by atoms with E-state index in [9.17, 15) is 5.11 Å². The van der Waals surface area contributed by atoms with Crippen molar-refractivity contribution in [2.75, 3.05) is 6.61 Å². The Balaban J connectivity index is 1.78. The Morgan fingerprint density at radius 2 is 1.89 bits per heavy atom. The fraction of sp³-hybridized carbons (Fsp3) is 0.625. The van der Waals surface area contributed by atoms with Gasteiger partial charge in [-0.25, -0.2) is 0 Å². The van der Waals surface area contributed by atoms with E-state index in [0.717, 1.165) is 10.9 Å². The molecule has 0 radical (unpaired) electrons. The lowest BCUT2D eigenvalue weighted by Gasteiger charge is -2.39. The van der Waals surface area contributed by atoms with Crippen LogP contribution in [0.15, 0.2) is 28.7 Å². The predicted molar refractivity (Wildman–Crippen MR) is 83.4 cm³/mol. The molecule has 0 amide bonds. The first-order chi connectivity index (χ1) is 9.08. The normalized spacial score (nSPS) is 24.3. The van der Waals surface area contributed by atoms with Crippen LogP contribution in [0.5, 0.6) is 0 Å². The second-order valence-corrected chi connectivity index (χ2v) is 7.01. The Bertz CT molecular complexity index is 384. The predicted octanol–water partition coefficient (Wildman–Crippen LogP) is 3.69. The first-order valence-electron chi connectivity index (χ1n) is 7.21. The van der Waals surface area contributed by atoms with Gasteiger partial charge in [0.25, 0.3) is 0 Å². The highest BCUT2D eigenvalue weighted by molar-refractivity contribution is 9.10. The molecule has 19 heavy (non-hydrogen) atoms.